The fraction of sp³-hybridized carbons (Fsp3) is 0.500. The maximum absolute atomic E-state index is 11.2. The van der Waals surface area contributed by atoms with Crippen molar-refractivity contribution >= 4 is 11.6 Å². The van der Waals surface area contributed by atoms with Crippen molar-refractivity contribution in [3.8, 4) is 5.75 Å². The van der Waals surface area contributed by atoms with Gasteiger partial charge >= 0.3 is 0 Å². The summed E-state index contributed by atoms with van der Waals surface area (Å²) in [5.41, 5.74) is 6.58. The molecule has 0 heterocycles. The number of anilines is 1. The summed E-state index contributed by atoms with van der Waals surface area (Å²) in [5.74, 6) is 0.918. The van der Waals surface area contributed by atoms with Gasteiger partial charge in [-0.05, 0) is 24.1 Å². The smallest absolute Gasteiger partial charge is 0.248 e. The van der Waals surface area contributed by atoms with Crippen LogP contribution in [0.2, 0.25) is 0 Å². The van der Waals surface area contributed by atoms with Gasteiger partial charge in [-0.25, -0.2) is 0 Å². The van der Waals surface area contributed by atoms with Gasteiger partial charge < -0.3 is 15.8 Å². The number of carbonyl (C=O) groups is 1. The topological polar surface area (TPSA) is 64.3 Å². The SMILES string of the molecule is CCC(CC)CNc1cc(C(N)=O)ccc1OC. The second-order valence-corrected chi connectivity index (χ2v) is 4.34. The fourth-order valence-corrected chi connectivity index (χ4v) is 1.83. The molecule has 0 aromatic heterocycles. The van der Waals surface area contributed by atoms with Gasteiger partial charge in [-0.15, -0.1) is 0 Å². The third-order valence-electron chi connectivity index (χ3n) is 3.22. The van der Waals surface area contributed by atoms with Crippen LogP contribution >= 0.6 is 0 Å². The zero-order valence-electron chi connectivity index (χ0n) is 11.3. The molecule has 1 aromatic rings. The summed E-state index contributed by atoms with van der Waals surface area (Å²) in [6, 6.07) is 5.17. The Morgan fingerprint density at radius 1 is 1.39 bits per heavy atom. The molecule has 0 saturated heterocycles. The predicted molar refractivity (Wildman–Crippen MR) is 74.1 cm³/mol. The van der Waals surface area contributed by atoms with Crippen LogP contribution in [0, 0.1) is 5.92 Å². The van der Waals surface area contributed by atoms with E-state index in [4.69, 9.17) is 10.5 Å². The Kier molecular flexibility index (Phi) is 5.49. The summed E-state index contributed by atoms with van der Waals surface area (Å²) in [5, 5.41) is 3.33. The highest BCUT2D eigenvalue weighted by atomic mass is 16.5. The van der Waals surface area contributed by atoms with E-state index >= 15 is 0 Å². The van der Waals surface area contributed by atoms with Crippen molar-refractivity contribution < 1.29 is 9.53 Å². The van der Waals surface area contributed by atoms with Gasteiger partial charge in [0.05, 0.1) is 12.8 Å². The van der Waals surface area contributed by atoms with Crippen molar-refractivity contribution in [2.45, 2.75) is 26.7 Å². The standard InChI is InChI=1S/C14H22N2O2/c1-4-10(5-2)9-16-12-8-11(14(15)17)6-7-13(12)18-3/h6-8,10,16H,4-5,9H2,1-3H3,(H2,15,17). The molecule has 100 valence electrons. The van der Waals surface area contributed by atoms with Crippen LogP contribution in [0.3, 0.4) is 0 Å². The molecule has 3 N–H and O–H groups in total. The van der Waals surface area contributed by atoms with Crippen molar-refractivity contribution in [2.24, 2.45) is 11.7 Å². The molecule has 0 unspecified atom stereocenters. The second kappa shape index (κ2) is 6.89. The molecule has 0 saturated carbocycles. The lowest BCUT2D eigenvalue weighted by atomic mass is 10.0. The lowest BCUT2D eigenvalue weighted by Gasteiger charge is -2.16. The molecule has 0 aliphatic heterocycles. The Labute approximate surface area is 109 Å². The van der Waals surface area contributed by atoms with Gasteiger partial charge in [-0.3, -0.25) is 4.79 Å². The summed E-state index contributed by atoms with van der Waals surface area (Å²) in [4.78, 5) is 11.2. The molecule has 18 heavy (non-hydrogen) atoms. The Balaban J connectivity index is 2.84. The number of nitrogens with one attached hydrogen (secondary N) is 1. The number of rotatable bonds is 7. The molecule has 0 aliphatic carbocycles. The molecule has 1 rings (SSSR count). The van der Waals surface area contributed by atoms with Crippen molar-refractivity contribution in [2.75, 3.05) is 19.0 Å². The molecule has 1 aromatic carbocycles. The Morgan fingerprint density at radius 2 is 2.06 bits per heavy atom. The summed E-state index contributed by atoms with van der Waals surface area (Å²) >= 11 is 0. The average molecular weight is 250 g/mol. The van der Waals surface area contributed by atoms with E-state index in [0.717, 1.165) is 30.8 Å². The molecule has 0 spiro atoms. The highest BCUT2D eigenvalue weighted by Gasteiger charge is 2.09. The molecule has 0 fully saturated rings. The summed E-state index contributed by atoms with van der Waals surface area (Å²) in [6.45, 7) is 5.21. The van der Waals surface area contributed by atoms with E-state index in [9.17, 15) is 4.79 Å². The first-order valence-corrected chi connectivity index (χ1v) is 6.34. The lowest BCUT2D eigenvalue weighted by Crippen LogP contribution is -2.15. The minimum absolute atomic E-state index is 0.428. The number of primary amides is 1. The highest BCUT2D eigenvalue weighted by Crippen LogP contribution is 2.26. The number of hydrogen-bond acceptors (Lipinski definition) is 3. The quantitative estimate of drug-likeness (QED) is 0.782. The molecule has 4 nitrogen and oxygen atoms in total. The van der Waals surface area contributed by atoms with E-state index in [1.807, 2.05) is 0 Å². The van der Waals surface area contributed by atoms with Gasteiger partial charge in [0.1, 0.15) is 5.75 Å². The summed E-state index contributed by atoms with van der Waals surface area (Å²) in [6.07, 6.45) is 2.25. The first kappa shape index (κ1) is 14.4. The molecular formula is C14H22N2O2. The van der Waals surface area contributed by atoms with Gasteiger partial charge in [0.15, 0.2) is 0 Å². The number of methoxy groups -OCH3 is 1. The second-order valence-electron chi connectivity index (χ2n) is 4.34. The van der Waals surface area contributed by atoms with Crippen LogP contribution in [0.25, 0.3) is 0 Å². The normalized spacial score (nSPS) is 10.4. The summed E-state index contributed by atoms with van der Waals surface area (Å²) in [7, 11) is 1.61. The monoisotopic (exact) mass is 250 g/mol. The van der Waals surface area contributed by atoms with E-state index in [0.29, 0.717) is 11.5 Å². The number of ether oxygens (including phenoxy) is 1. The van der Waals surface area contributed by atoms with Crippen molar-refractivity contribution in [3.63, 3.8) is 0 Å². The average Bonchev–Trinajstić information content (AvgIpc) is 2.39. The van der Waals surface area contributed by atoms with E-state index in [2.05, 4.69) is 19.2 Å². The molecule has 0 bridgehead atoms. The summed E-state index contributed by atoms with van der Waals surface area (Å²) < 4.78 is 5.27. The maximum Gasteiger partial charge on any atom is 0.248 e. The largest absolute Gasteiger partial charge is 0.495 e. The van der Waals surface area contributed by atoms with Crippen LogP contribution in [-0.4, -0.2) is 19.6 Å². The first-order valence-electron chi connectivity index (χ1n) is 6.34. The predicted octanol–water partition coefficient (Wildman–Crippen LogP) is 2.64. The van der Waals surface area contributed by atoms with Crippen molar-refractivity contribution in [3.05, 3.63) is 23.8 Å². The van der Waals surface area contributed by atoms with E-state index in [1.54, 1.807) is 25.3 Å². The Bertz CT molecular complexity index is 401. The van der Waals surface area contributed by atoms with Crippen LogP contribution < -0.4 is 15.8 Å². The number of hydrogen-bond donors (Lipinski definition) is 2. The number of carbonyl (C=O) groups excluding carboxylic acids is 1. The Morgan fingerprint density at radius 3 is 2.56 bits per heavy atom. The highest BCUT2D eigenvalue weighted by molar-refractivity contribution is 5.94. The van der Waals surface area contributed by atoms with Crippen LogP contribution in [-0.2, 0) is 0 Å². The van der Waals surface area contributed by atoms with Gasteiger partial charge in [0.2, 0.25) is 5.91 Å². The van der Waals surface area contributed by atoms with Crippen LogP contribution in [0.4, 0.5) is 5.69 Å². The van der Waals surface area contributed by atoms with Gasteiger partial charge in [0.25, 0.3) is 0 Å². The third kappa shape index (κ3) is 3.65. The maximum atomic E-state index is 11.2. The van der Waals surface area contributed by atoms with Crippen LogP contribution in [0.15, 0.2) is 18.2 Å². The van der Waals surface area contributed by atoms with Crippen molar-refractivity contribution in [1.29, 1.82) is 0 Å². The van der Waals surface area contributed by atoms with E-state index < -0.39 is 5.91 Å². The van der Waals surface area contributed by atoms with Crippen LogP contribution in [0.5, 0.6) is 5.75 Å². The zero-order chi connectivity index (χ0) is 13.5. The van der Waals surface area contributed by atoms with Crippen molar-refractivity contribution in [1.82, 2.24) is 0 Å². The Hall–Kier alpha value is -1.71. The lowest BCUT2D eigenvalue weighted by molar-refractivity contribution is 0.100. The molecular weight excluding hydrogens is 228 g/mol. The van der Waals surface area contributed by atoms with Gasteiger partial charge in [0, 0.05) is 12.1 Å². The minimum atomic E-state index is -0.428. The molecule has 4 heteroatoms. The molecule has 1 amide bonds. The zero-order valence-corrected chi connectivity index (χ0v) is 11.3. The van der Waals surface area contributed by atoms with Gasteiger partial charge in [-0.2, -0.15) is 0 Å². The molecule has 0 atom stereocenters. The van der Waals surface area contributed by atoms with E-state index in [1.165, 1.54) is 0 Å². The first-order chi connectivity index (χ1) is 8.62. The molecule has 0 radical (unpaired) electrons. The van der Waals surface area contributed by atoms with E-state index in [-0.39, 0.29) is 0 Å². The number of nitrogens with two attached hydrogens (primary N) is 1. The number of benzene rings is 1. The minimum Gasteiger partial charge on any atom is -0.495 e. The van der Waals surface area contributed by atoms with Gasteiger partial charge in [-0.1, -0.05) is 26.7 Å². The fourth-order valence-electron chi connectivity index (χ4n) is 1.83. The van der Waals surface area contributed by atoms with Crippen LogP contribution in [0.1, 0.15) is 37.0 Å². The number of amides is 1. The third-order valence-corrected chi connectivity index (χ3v) is 3.22. The molecule has 0 aliphatic rings.